The zero-order valence-electron chi connectivity index (χ0n) is 17.9. The molecule has 1 fully saturated rings. The lowest BCUT2D eigenvalue weighted by atomic mass is 9.78. The number of aromatic nitrogens is 1. The third-order valence-electron chi connectivity index (χ3n) is 6.25. The monoisotopic (exact) mass is 417 g/mol. The van der Waals surface area contributed by atoms with Crippen molar-refractivity contribution in [2.45, 2.75) is 71.8 Å². The van der Waals surface area contributed by atoms with Gasteiger partial charge in [0.05, 0.1) is 6.04 Å². The summed E-state index contributed by atoms with van der Waals surface area (Å²) < 4.78 is 0. The van der Waals surface area contributed by atoms with Gasteiger partial charge in [-0.2, -0.15) is 0 Å². The molecule has 5 nitrogen and oxygen atoms in total. The van der Waals surface area contributed by atoms with Gasteiger partial charge in [0.1, 0.15) is 5.01 Å². The Kier molecular flexibility index (Phi) is 7.49. The molecule has 0 saturated heterocycles. The second kappa shape index (κ2) is 9.88. The van der Waals surface area contributed by atoms with Crippen LogP contribution in [0.3, 0.4) is 0 Å². The number of allylic oxidation sites excluding steroid dienone is 2. The number of thiazole rings is 1. The van der Waals surface area contributed by atoms with Crippen molar-refractivity contribution in [3.05, 3.63) is 28.7 Å². The van der Waals surface area contributed by atoms with Crippen molar-refractivity contribution < 1.29 is 9.59 Å². The van der Waals surface area contributed by atoms with E-state index in [1.165, 1.54) is 0 Å². The van der Waals surface area contributed by atoms with Crippen LogP contribution in [0.1, 0.15) is 76.8 Å². The first-order valence-corrected chi connectivity index (χ1v) is 11.9. The van der Waals surface area contributed by atoms with Gasteiger partial charge in [-0.25, -0.2) is 4.98 Å². The van der Waals surface area contributed by atoms with Crippen LogP contribution >= 0.6 is 11.3 Å². The van der Waals surface area contributed by atoms with Gasteiger partial charge in [0.2, 0.25) is 11.8 Å². The van der Waals surface area contributed by atoms with Crippen LogP contribution in [0, 0.1) is 23.2 Å². The number of hydrogen-bond donors (Lipinski definition) is 2. The molecule has 2 N–H and O–H groups in total. The largest absolute Gasteiger partial charge is 0.356 e. The van der Waals surface area contributed by atoms with E-state index in [4.69, 9.17) is 0 Å². The summed E-state index contributed by atoms with van der Waals surface area (Å²) in [6, 6.07) is -0.00806. The molecule has 2 amide bonds. The Labute approximate surface area is 178 Å². The molecule has 0 aromatic carbocycles. The fraction of sp³-hybridized carbons (Fsp3) is 0.696. The minimum absolute atomic E-state index is 0.00806. The normalized spacial score (nSPS) is 26.0. The third-order valence-corrected chi connectivity index (χ3v) is 7.11. The predicted octanol–water partition coefficient (Wildman–Crippen LogP) is 4.63. The number of nitrogens with one attached hydrogen (secondary N) is 2. The van der Waals surface area contributed by atoms with Crippen molar-refractivity contribution >= 4 is 23.2 Å². The maximum absolute atomic E-state index is 12.6. The highest BCUT2D eigenvalue weighted by molar-refractivity contribution is 7.09. The van der Waals surface area contributed by atoms with Crippen molar-refractivity contribution in [1.29, 1.82) is 0 Å². The van der Waals surface area contributed by atoms with E-state index in [0.29, 0.717) is 11.8 Å². The van der Waals surface area contributed by atoms with E-state index in [-0.39, 0.29) is 23.8 Å². The summed E-state index contributed by atoms with van der Waals surface area (Å²) in [6.45, 7) is 6.62. The molecule has 160 valence electrons. The number of rotatable bonds is 6. The zero-order chi connectivity index (χ0) is 20.9. The Hall–Kier alpha value is -1.69. The topological polar surface area (TPSA) is 71.1 Å². The van der Waals surface area contributed by atoms with Gasteiger partial charge in [0.15, 0.2) is 0 Å². The SMILES string of the molecule is CC(C)(C)C(=O)N[C@@H](c1nccs1)C1CCC(CNC(=O)[C@@H]2CC=CCC2)CC1. The minimum Gasteiger partial charge on any atom is -0.356 e. The van der Waals surface area contributed by atoms with E-state index in [1.807, 2.05) is 32.3 Å². The molecular formula is C23H35N3O2S. The molecule has 2 atom stereocenters. The molecule has 3 rings (SSSR count). The standard InChI is InChI=1S/C23H35N3O2S/c1-23(2,3)22(28)26-19(21-24-13-14-29-21)17-11-9-16(10-12-17)15-25-20(27)18-7-5-4-6-8-18/h4-5,13-14,16-19H,6-12,15H2,1-3H3,(H,25,27)(H,26,28)/t16?,17?,18-,19-/m1/s1. The van der Waals surface area contributed by atoms with Crippen molar-refractivity contribution in [3.8, 4) is 0 Å². The van der Waals surface area contributed by atoms with Gasteiger partial charge in [-0.1, -0.05) is 32.9 Å². The highest BCUT2D eigenvalue weighted by Crippen LogP contribution is 2.38. The van der Waals surface area contributed by atoms with Gasteiger partial charge in [0.25, 0.3) is 0 Å². The van der Waals surface area contributed by atoms with Gasteiger partial charge >= 0.3 is 0 Å². The lowest BCUT2D eigenvalue weighted by Gasteiger charge is -2.35. The number of carbonyl (C=O) groups excluding carboxylic acids is 2. The molecule has 0 spiro atoms. The Balaban J connectivity index is 1.51. The quantitative estimate of drug-likeness (QED) is 0.663. The second-order valence-corrected chi connectivity index (χ2v) is 10.5. The van der Waals surface area contributed by atoms with Crippen molar-refractivity contribution in [1.82, 2.24) is 15.6 Å². The number of carbonyl (C=O) groups is 2. The summed E-state index contributed by atoms with van der Waals surface area (Å²) in [6.07, 6.45) is 13.3. The summed E-state index contributed by atoms with van der Waals surface area (Å²) >= 11 is 1.62. The molecule has 1 aromatic rings. The Morgan fingerprint density at radius 2 is 1.93 bits per heavy atom. The highest BCUT2D eigenvalue weighted by Gasteiger charge is 2.33. The van der Waals surface area contributed by atoms with E-state index >= 15 is 0 Å². The number of nitrogens with zero attached hydrogens (tertiary/aromatic N) is 1. The fourth-order valence-electron chi connectivity index (χ4n) is 4.27. The van der Waals surface area contributed by atoms with Crippen LogP contribution in [0.25, 0.3) is 0 Å². The lowest BCUT2D eigenvalue weighted by Crippen LogP contribution is -2.41. The van der Waals surface area contributed by atoms with Gasteiger partial charge in [-0.3, -0.25) is 9.59 Å². The molecule has 1 aromatic heterocycles. The Morgan fingerprint density at radius 1 is 1.17 bits per heavy atom. The van der Waals surface area contributed by atoms with E-state index in [2.05, 4.69) is 27.8 Å². The van der Waals surface area contributed by atoms with Crippen molar-refractivity contribution in [3.63, 3.8) is 0 Å². The van der Waals surface area contributed by atoms with Crippen LogP contribution in [-0.4, -0.2) is 23.3 Å². The average Bonchev–Trinajstić information content (AvgIpc) is 3.25. The fourth-order valence-corrected chi connectivity index (χ4v) is 5.05. The molecule has 1 heterocycles. The summed E-state index contributed by atoms with van der Waals surface area (Å²) in [5.74, 6) is 1.38. The first-order chi connectivity index (χ1) is 13.8. The summed E-state index contributed by atoms with van der Waals surface area (Å²) in [4.78, 5) is 29.5. The predicted molar refractivity (Wildman–Crippen MR) is 117 cm³/mol. The second-order valence-electron chi connectivity index (χ2n) is 9.58. The van der Waals surface area contributed by atoms with Crippen molar-refractivity contribution in [2.75, 3.05) is 6.54 Å². The highest BCUT2D eigenvalue weighted by atomic mass is 32.1. The summed E-state index contributed by atoms with van der Waals surface area (Å²) in [7, 11) is 0. The van der Waals surface area contributed by atoms with Gasteiger partial charge in [0, 0.05) is 29.5 Å². The van der Waals surface area contributed by atoms with Gasteiger partial charge < -0.3 is 10.6 Å². The van der Waals surface area contributed by atoms with Crippen LogP contribution in [-0.2, 0) is 9.59 Å². The molecule has 2 aliphatic carbocycles. The zero-order valence-corrected chi connectivity index (χ0v) is 18.8. The molecule has 0 unspecified atom stereocenters. The molecule has 0 bridgehead atoms. The Bertz CT molecular complexity index is 700. The van der Waals surface area contributed by atoms with Crippen LogP contribution in [0.2, 0.25) is 0 Å². The van der Waals surface area contributed by atoms with Gasteiger partial charge in [-0.15, -0.1) is 11.3 Å². The summed E-state index contributed by atoms with van der Waals surface area (Å²) in [5, 5.41) is 9.45. The summed E-state index contributed by atoms with van der Waals surface area (Å²) in [5.41, 5.74) is -0.411. The number of hydrogen-bond acceptors (Lipinski definition) is 4. The van der Waals surface area contributed by atoms with Crippen LogP contribution in [0.4, 0.5) is 0 Å². The molecular weight excluding hydrogens is 382 g/mol. The van der Waals surface area contributed by atoms with E-state index in [0.717, 1.165) is 56.5 Å². The molecule has 6 heteroatoms. The molecule has 29 heavy (non-hydrogen) atoms. The smallest absolute Gasteiger partial charge is 0.225 e. The maximum Gasteiger partial charge on any atom is 0.225 e. The first-order valence-electron chi connectivity index (χ1n) is 11.0. The Morgan fingerprint density at radius 3 is 2.52 bits per heavy atom. The van der Waals surface area contributed by atoms with Crippen LogP contribution < -0.4 is 10.6 Å². The van der Waals surface area contributed by atoms with E-state index in [1.54, 1.807) is 11.3 Å². The first kappa shape index (κ1) is 22.0. The third kappa shape index (κ3) is 6.14. The molecule has 1 saturated carbocycles. The van der Waals surface area contributed by atoms with Crippen molar-refractivity contribution in [2.24, 2.45) is 23.2 Å². The van der Waals surface area contributed by atoms with Gasteiger partial charge in [-0.05, 0) is 56.8 Å². The molecule has 2 aliphatic rings. The maximum atomic E-state index is 12.6. The minimum atomic E-state index is -0.411. The van der Waals surface area contributed by atoms with Crippen LogP contribution in [0.5, 0.6) is 0 Å². The molecule has 0 aliphatic heterocycles. The lowest BCUT2D eigenvalue weighted by molar-refractivity contribution is -0.130. The molecule has 0 radical (unpaired) electrons. The average molecular weight is 418 g/mol. The van der Waals surface area contributed by atoms with E-state index in [9.17, 15) is 9.59 Å². The number of amides is 2. The van der Waals surface area contributed by atoms with E-state index < -0.39 is 5.41 Å². The van der Waals surface area contributed by atoms with Crippen LogP contribution in [0.15, 0.2) is 23.7 Å².